The van der Waals surface area contributed by atoms with Crippen molar-refractivity contribution >= 4 is 5.52 Å². The molecule has 0 bridgehead atoms. The minimum absolute atomic E-state index is 0.720. The van der Waals surface area contributed by atoms with Gasteiger partial charge < -0.3 is 9.64 Å². The Morgan fingerprint density at radius 2 is 1.88 bits per heavy atom. The Bertz CT molecular complexity index is 609. The van der Waals surface area contributed by atoms with Crippen molar-refractivity contribution in [1.29, 1.82) is 0 Å². The molecule has 2 aromatic heterocycles. The lowest BCUT2D eigenvalue weighted by molar-refractivity contribution is 0.0854. The number of rotatable bonds is 5. The summed E-state index contributed by atoms with van der Waals surface area (Å²) < 4.78 is 7.71. The number of hydrogen-bond acceptors (Lipinski definition) is 4. The summed E-state index contributed by atoms with van der Waals surface area (Å²) in [4.78, 5) is 5.27. The summed E-state index contributed by atoms with van der Waals surface area (Å²) in [6, 6.07) is 8.87. The molecule has 0 atom stereocenters. The number of pyridine rings is 1. The maximum Gasteiger partial charge on any atom is 0.233 e. The molecule has 0 saturated carbocycles. The molecular weight excluding hydrogens is 300 g/mol. The Labute approximate surface area is 144 Å². The van der Waals surface area contributed by atoms with E-state index in [4.69, 9.17) is 4.74 Å². The molecule has 4 heterocycles. The van der Waals surface area contributed by atoms with Gasteiger partial charge in [0.15, 0.2) is 0 Å². The average molecular weight is 328 g/mol. The third-order valence-electron chi connectivity index (χ3n) is 5.47. The minimum atomic E-state index is 0.720. The van der Waals surface area contributed by atoms with Crippen molar-refractivity contribution < 1.29 is 4.74 Å². The molecule has 2 saturated heterocycles. The van der Waals surface area contributed by atoms with Crippen molar-refractivity contribution in [3.05, 3.63) is 30.5 Å². The number of aromatic nitrogens is 2. The Kier molecular flexibility index (Phi) is 4.99. The van der Waals surface area contributed by atoms with Crippen molar-refractivity contribution in [2.45, 2.75) is 38.1 Å². The molecule has 0 unspecified atom stereocenters. The molecule has 2 aliphatic rings. The molecule has 0 radical (unpaired) electrons. The molecule has 0 amide bonds. The summed E-state index contributed by atoms with van der Waals surface area (Å²) in [5.74, 6) is 0.726. The second kappa shape index (κ2) is 7.53. The Hall–Kier alpha value is -1.59. The lowest BCUT2D eigenvalue weighted by Gasteiger charge is -2.40. The number of nitrogens with zero attached hydrogens (tertiary/aromatic N) is 4. The molecule has 0 aromatic carbocycles. The molecular formula is C19H28N4O. The van der Waals surface area contributed by atoms with Crippen molar-refractivity contribution in [2.24, 2.45) is 0 Å². The van der Waals surface area contributed by atoms with Gasteiger partial charge in [-0.2, -0.15) is 0 Å². The molecule has 0 spiro atoms. The zero-order valence-electron chi connectivity index (χ0n) is 14.4. The number of fused-ring (bicyclic) bond motifs is 1. The van der Waals surface area contributed by atoms with Crippen molar-refractivity contribution in [3.63, 3.8) is 0 Å². The van der Waals surface area contributed by atoms with Gasteiger partial charge in [0.25, 0.3) is 0 Å². The molecule has 0 N–H and O–H groups in total. The van der Waals surface area contributed by atoms with Gasteiger partial charge in [-0.1, -0.05) is 12.5 Å². The smallest absolute Gasteiger partial charge is 0.233 e. The van der Waals surface area contributed by atoms with Crippen molar-refractivity contribution in [3.8, 4) is 5.88 Å². The van der Waals surface area contributed by atoms with E-state index in [9.17, 15) is 0 Å². The molecule has 5 nitrogen and oxygen atoms in total. The van der Waals surface area contributed by atoms with E-state index in [1.165, 1.54) is 58.3 Å². The maximum absolute atomic E-state index is 5.85. The topological polar surface area (TPSA) is 33.0 Å². The third kappa shape index (κ3) is 3.73. The van der Waals surface area contributed by atoms with Gasteiger partial charge in [0.1, 0.15) is 6.61 Å². The highest BCUT2D eigenvalue weighted by Gasteiger charge is 2.25. The Morgan fingerprint density at radius 1 is 1.04 bits per heavy atom. The highest BCUT2D eigenvalue weighted by molar-refractivity contribution is 5.48. The van der Waals surface area contributed by atoms with Crippen LogP contribution < -0.4 is 4.74 Å². The highest BCUT2D eigenvalue weighted by Crippen LogP contribution is 2.20. The zero-order valence-corrected chi connectivity index (χ0v) is 14.4. The van der Waals surface area contributed by atoms with E-state index in [1.54, 1.807) is 0 Å². The fourth-order valence-corrected chi connectivity index (χ4v) is 4.06. The van der Waals surface area contributed by atoms with E-state index in [0.29, 0.717) is 0 Å². The second-order valence-electron chi connectivity index (χ2n) is 7.07. The van der Waals surface area contributed by atoms with Crippen LogP contribution in [0.2, 0.25) is 0 Å². The predicted octanol–water partition coefficient (Wildman–Crippen LogP) is 2.66. The average Bonchev–Trinajstić information content (AvgIpc) is 3.06. The number of likely N-dealkylation sites (tertiary alicyclic amines) is 2. The summed E-state index contributed by atoms with van der Waals surface area (Å²) >= 11 is 0. The van der Waals surface area contributed by atoms with Crippen LogP contribution in [0.3, 0.4) is 0 Å². The summed E-state index contributed by atoms with van der Waals surface area (Å²) in [6.45, 7) is 6.77. The van der Waals surface area contributed by atoms with E-state index in [1.807, 2.05) is 35.0 Å². The van der Waals surface area contributed by atoms with Gasteiger partial charge in [-0.15, -0.1) is 5.10 Å². The predicted molar refractivity (Wildman–Crippen MR) is 95.6 cm³/mol. The normalized spacial score (nSPS) is 21.3. The van der Waals surface area contributed by atoms with Crippen LogP contribution >= 0.6 is 0 Å². The first-order valence-electron chi connectivity index (χ1n) is 9.42. The molecule has 2 aromatic rings. The van der Waals surface area contributed by atoms with Gasteiger partial charge in [-0.05, 0) is 64.0 Å². The van der Waals surface area contributed by atoms with E-state index < -0.39 is 0 Å². The SMILES string of the molecule is c1ccn2nc(OCCN3CCC(N4CCCCC4)CC3)cc2c1. The fraction of sp³-hybridized carbons (Fsp3) is 0.632. The van der Waals surface area contributed by atoms with Crippen molar-refractivity contribution in [2.75, 3.05) is 39.3 Å². The van der Waals surface area contributed by atoms with E-state index in [-0.39, 0.29) is 0 Å². The summed E-state index contributed by atoms with van der Waals surface area (Å²) in [7, 11) is 0. The van der Waals surface area contributed by atoms with Gasteiger partial charge in [-0.3, -0.25) is 4.90 Å². The van der Waals surface area contributed by atoms with Gasteiger partial charge in [0, 0.05) is 24.8 Å². The quantitative estimate of drug-likeness (QED) is 0.845. The van der Waals surface area contributed by atoms with Crippen LogP contribution in [0.1, 0.15) is 32.1 Å². The lowest BCUT2D eigenvalue weighted by atomic mass is 10.00. The van der Waals surface area contributed by atoms with E-state index in [0.717, 1.165) is 30.6 Å². The van der Waals surface area contributed by atoms with Crippen LogP contribution in [-0.4, -0.2) is 64.8 Å². The van der Waals surface area contributed by atoms with Crippen molar-refractivity contribution in [1.82, 2.24) is 19.4 Å². The summed E-state index contributed by atoms with van der Waals surface area (Å²) in [5.41, 5.74) is 1.08. The van der Waals surface area contributed by atoms with E-state index in [2.05, 4.69) is 14.9 Å². The summed E-state index contributed by atoms with van der Waals surface area (Å²) in [6.07, 6.45) is 8.80. The molecule has 4 rings (SSSR count). The molecule has 2 fully saturated rings. The van der Waals surface area contributed by atoms with Gasteiger partial charge in [0.2, 0.25) is 5.88 Å². The van der Waals surface area contributed by atoms with Gasteiger partial charge in [0.05, 0.1) is 5.52 Å². The van der Waals surface area contributed by atoms with Gasteiger partial charge >= 0.3 is 0 Å². The largest absolute Gasteiger partial charge is 0.475 e. The number of ether oxygens (including phenoxy) is 1. The second-order valence-corrected chi connectivity index (χ2v) is 7.07. The first-order chi connectivity index (χ1) is 11.9. The van der Waals surface area contributed by atoms with Crippen LogP contribution in [0.15, 0.2) is 30.5 Å². The van der Waals surface area contributed by atoms with Gasteiger partial charge in [-0.25, -0.2) is 4.52 Å². The third-order valence-corrected chi connectivity index (χ3v) is 5.47. The summed E-state index contributed by atoms with van der Waals surface area (Å²) in [5, 5.41) is 4.44. The molecule has 130 valence electrons. The monoisotopic (exact) mass is 328 g/mol. The zero-order chi connectivity index (χ0) is 16.2. The minimum Gasteiger partial charge on any atom is -0.475 e. The Morgan fingerprint density at radius 3 is 2.67 bits per heavy atom. The Balaban J connectivity index is 1.20. The molecule has 24 heavy (non-hydrogen) atoms. The van der Waals surface area contributed by atoms with Crippen LogP contribution in [0.5, 0.6) is 5.88 Å². The number of piperidine rings is 2. The van der Waals surface area contributed by atoms with E-state index >= 15 is 0 Å². The number of hydrogen-bond donors (Lipinski definition) is 0. The molecule has 5 heteroatoms. The van der Waals surface area contributed by atoms with Crippen LogP contribution in [-0.2, 0) is 0 Å². The van der Waals surface area contributed by atoms with Crippen LogP contribution in [0.25, 0.3) is 5.52 Å². The maximum atomic E-state index is 5.85. The first-order valence-corrected chi connectivity index (χ1v) is 9.42. The fourth-order valence-electron chi connectivity index (χ4n) is 4.06. The first kappa shape index (κ1) is 15.9. The highest BCUT2D eigenvalue weighted by atomic mass is 16.5. The standard InChI is InChI=1S/C19H28N4O/c1-3-9-22(10-4-1)17-7-12-21(13-8-17)14-15-24-19-16-18-6-2-5-11-23(18)20-19/h2,5-6,11,16-17H,1,3-4,7-10,12-15H2. The molecule has 2 aliphatic heterocycles. The lowest BCUT2D eigenvalue weighted by Crippen LogP contribution is -2.47. The molecule has 0 aliphatic carbocycles. The van der Waals surface area contributed by atoms with Crippen LogP contribution in [0, 0.1) is 0 Å². The van der Waals surface area contributed by atoms with Crippen LogP contribution in [0.4, 0.5) is 0 Å².